The minimum atomic E-state index is -0.453. The second-order valence-corrected chi connectivity index (χ2v) is 6.89. The van der Waals surface area contributed by atoms with Crippen LogP contribution >= 0.6 is 11.6 Å². The average Bonchev–Trinajstić information content (AvgIpc) is 2.69. The van der Waals surface area contributed by atoms with Crippen molar-refractivity contribution in [1.29, 1.82) is 0 Å². The Morgan fingerprint density at radius 3 is 2.37 bits per heavy atom. The molecule has 5 nitrogen and oxygen atoms in total. The van der Waals surface area contributed by atoms with Crippen LogP contribution in [-0.4, -0.2) is 53.8 Å². The van der Waals surface area contributed by atoms with E-state index in [1.807, 2.05) is 23.1 Å². The van der Waals surface area contributed by atoms with Gasteiger partial charge in [-0.2, -0.15) is 0 Å². The molecular weight excluding hydrogens is 369 g/mol. The highest BCUT2D eigenvalue weighted by molar-refractivity contribution is 6.33. The Morgan fingerprint density at radius 1 is 1.07 bits per heavy atom. The maximum atomic E-state index is 13.1. The lowest BCUT2D eigenvalue weighted by Crippen LogP contribution is -2.54. The van der Waals surface area contributed by atoms with Gasteiger partial charge in [0.15, 0.2) is 0 Å². The predicted molar refractivity (Wildman–Crippen MR) is 103 cm³/mol. The van der Waals surface area contributed by atoms with E-state index < -0.39 is 5.82 Å². The van der Waals surface area contributed by atoms with Gasteiger partial charge in [-0.1, -0.05) is 29.8 Å². The van der Waals surface area contributed by atoms with Crippen molar-refractivity contribution in [1.82, 2.24) is 9.80 Å². The molecular formula is C20H21ClFN3O2. The van der Waals surface area contributed by atoms with Crippen LogP contribution in [0.2, 0.25) is 5.02 Å². The molecule has 1 aliphatic heterocycles. The van der Waals surface area contributed by atoms with E-state index in [4.69, 9.17) is 11.6 Å². The quantitative estimate of drug-likeness (QED) is 0.873. The number of halogens is 2. The van der Waals surface area contributed by atoms with Gasteiger partial charge in [-0.15, -0.1) is 0 Å². The smallest absolute Gasteiger partial charge is 0.253 e. The Labute approximate surface area is 162 Å². The normalized spacial score (nSPS) is 16.0. The lowest BCUT2D eigenvalue weighted by molar-refractivity contribution is -0.121. The predicted octanol–water partition coefficient (Wildman–Crippen LogP) is 3.26. The number of hydrogen-bond acceptors (Lipinski definition) is 3. The van der Waals surface area contributed by atoms with Gasteiger partial charge in [0.25, 0.3) is 5.91 Å². The first kappa shape index (κ1) is 19.3. The van der Waals surface area contributed by atoms with Crippen LogP contribution in [0.4, 0.5) is 10.1 Å². The highest BCUT2D eigenvalue weighted by Gasteiger charge is 2.28. The van der Waals surface area contributed by atoms with Crippen molar-refractivity contribution in [3.8, 4) is 0 Å². The second kappa shape index (κ2) is 8.50. The van der Waals surface area contributed by atoms with Gasteiger partial charge in [0.05, 0.1) is 16.8 Å². The Balaban J connectivity index is 1.55. The molecule has 0 aromatic heterocycles. The maximum absolute atomic E-state index is 13.1. The summed E-state index contributed by atoms with van der Waals surface area (Å²) >= 11 is 5.96. The number of nitrogens with one attached hydrogen (secondary N) is 1. The summed E-state index contributed by atoms with van der Waals surface area (Å²) in [5.41, 5.74) is 1.05. The molecule has 142 valence electrons. The molecule has 2 aromatic rings. The number of anilines is 1. The van der Waals surface area contributed by atoms with Crippen LogP contribution in [0.25, 0.3) is 0 Å². The molecule has 1 atom stereocenters. The number of carbonyl (C=O) groups is 2. The molecule has 0 saturated carbocycles. The minimum absolute atomic E-state index is 0.00504. The number of piperazine rings is 1. The van der Waals surface area contributed by atoms with Crippen LogP contribution in [-0.2, 0) is 4.79 Å². The topological polar surface area (TPSA) is 52.7 Å². The molecule has 1 N–H and O–H groups in total. The van der Waals surface area contributed by atoms with Crippen LogP contribution in [0.1, 0.15) is 17.3 Å². The van der Waals surface area contributed by atoms with Gasteiger partial charge >= 0.3 is 0 Å². The monoisotopic (exact) mass is 389 g/mol. The van der Waals surface area contributed by atoms with Gasteiger partial charge in [0.2, 0.25) is 5.91 Å². The first-order valence-corrected chi connectivity index (χ1v) is 9.18. The molecule has 0 bridgehead atoms. The number of nitrogens with zero attached hydrogens (tertiary/aromatic N) is 2. The van der Waals surface area contributed by atoms with Crippen molar-refractivity contribution in [2.24, 2.45) is 0 Å². The minimum Gasteiger partial charge on any atom is -0.336 e. The van der Waals surface area contributed by atoms with E-state index in [9.17, 15) is 14.0 Å². The van der Waals surface area contributed by atoms with E-state index in [1.54, 1.807) is 24.0 Å². The highest BCUT2D eigenvalue weighted by atomic mass is 35.5. The standard InChI is InChI=1S/C20H21ClFN3O2/c1-14(19(26)23-18-8-7-16(22)13-17(18)21)24-9-11-25(12-10-24)20(27)15-5-3-2-4-6-15/h2-8,13-14H,9-12H2,1H3,(H,23,26). The third-order valence-corrected chi connectivity index (χ3v) is 5.05. The molecule has 0 aliphatic carbocycles. The fraction of sp³-hybridized carbons (Fsp3) is 0.300. The van der Waals surface area contributed by atoms with Crippen molar-refractivity contribution in [3.05, 3.63) is 64.9 Å². The summed E-state index contributed by atoms with van der Waals surface area (Å²) in [7, 11) is 0. The SMILES string of the molecule is CC(C(=O)Nc1ccc(F)cc1Cl)N1CCN(C(=O)c2ccccc2)CC1. The summed E-state index contributed by atoms with van der Waals surface area (Å²) in [5, 5.41) is 2.90. The highest BCUT2D eigenvalue weighted by Crippen LogP contribution is 2.23. The third-order valence-electron chi connectivity index (χ3n) is 4.74. The maximum Gasteiger partial charge on any atom is 0.253 e. The molecule has 0 radical (unpaired) electrons. The number of amides is 2. The summed E-state index contributed by atoms with van der Waals surface area (Å²) in [6, 6.07) is 12.6. The van der Waals surface area contributed by atoms with Crippen molar-refractivity contribution in [3.63, 3.8) is 0 Å². The largest absolute Gasteiger partial charge is 0.336 e. The summed E-state index contributed by atoms with van der Waals surface area (Å²) < 4.78 is 13.1. The zero-order chi connectivity index (χ0) is 19.4. The second-order valence-electron chi connectivity index (χ2n) is 6.48. The summed E-state index contributed by atoms with van der Waals surface area (Å²) in [6.07, 6.45) is 0. The number of hydrogen-bond donors (Lipinski definition) is 1. The van der Waals surface area contributed by atoms with Gasteiger partial charge in [0, 0.05) is 31.7 Å². The fourth-order valence-electron chi connectivity index (χ4n) is 3.07. The van der Waals surface area contributed by atoms with Gasteiger partial charge < -0.3 is 10.2 Å². The van der Waals surface area contributed by atoms with Gasteiger partial charge in [-0.3, -0.25) is 14.5 Å². The molecule has 3 rings (SSSR count). The fourth-order valence-corrected chi connectivity index (χ4v) is 3.28. The third kappa shape index (κ3) is 4.64. The molecule has 1 fully saturated rings. The van der Waals surface area contributed by atoms with Crippen molar-refractivity contribution in [2.45, 2.75) is 13.0 Å². The number of benzene rings is 2. The van der Waals surface area contributed by atoms with Gasteiger partial charge in [-0.25, -0.2) is 4.39 Å². The van der Waals surface area contributed by atoms with Crippen LogP contribution in [0.3, 0.4) is 0 Å². The zero-order valence-corrected chi connectivity index (χ0v) is 15.7. The summed E-state index contributed by atoms with van der Waals surface area (Å²) in [6.45, 7) is 4.13. The van der Waals surface area contributed by atoms with Gasteiger partial charge in [0.1, 0.15) is 5.82 Å². The van der Waals surface area contributed by atoms with Crippen LogP contribution in [0.5, 0.6) is 0 Å². The van der Waals surface area contributed by atoms with Crippen molar-refractivity contribution in [2.75, 3.05) is 31.5 Å². The zero-order valence-electron chi connectivity index (χ0n) is 15.0. The van der Waals surface area contributed by atoms with E-state index >= 15 is 0 Å². The Kier molecular flexibility index (Phi) is 6.08. The van der Waals surface area contributed by atoms with Gasteiger partial charge in [-0.05, 0) is 37.3 Å². The molecule has 2 aromatic carbocycles. The number of carbonyl (C=O) groups excluding carboxylic acids is 2. The Bertz CT molecular complexity index is 823. The lowest BCUT2D eigenvalue weighted by Gasteiger charge is -2.37. The van der Waals surface area contributed by atoms with Crippen LogP contribution in [0, 0.1) is 5.82 Å². The van der Waals surface area contributed by atoms with E-state index in [1.165, 1.54) is 12.1 Å². The molecule has 1 aliphatic rings. The molecule has 1 heterocycles. The first-order valence-electron chi connectivity index (χ1n) is 8.80. The Hall–Kier alpha value is -2.44. The first-order chi connectivity index (χ1) is 13.0. The molecule has 1 saturated heterocycles. The van der Waals surface area contributed by atoms with E-state index in [0.29, 0.717) is 37.4 Å². The molecule has 0 spiro atoms. The van der Waals surface area contributed by atoms with E-state index in [0.717, 1.165) is 6.07 Å². The Morgan fingerprint density at radius 2 is 1.74 bits per heavy atom. The van der Waals surface area contributed by atoms with Crippen molar-refractivity contribution >= 4 is 29.1 Å². The van der Waals surface area contributed by atoms with E-state index in [-0.39, 0.29) is 22.9 Å². The van der Waals surface area contributed by atoms with E-state index in [2.05, 4.69) is 5.32 Å². The molecule has 1 unspecified atom stereocenters. The summed E-state index contributed by atoms with van der Waals surface area (Å²) in [5.74, 6) is -0.665. The molecule has 27 heavy (non-hydrogen) atoms. The van der Waals surface area contributed by atoms with Crippen molar-refractivity contribution < 1.29 is 14.0 Å². The summed E-state index contributed by atoms with van der Waals surface area (Å²) in [4.78, 5) is 28.8. The molecule has 2 amide bonds. The number of rotatable bonds is 4. The van der Waals surface area contributed by atoms with Crippen LogP contribution < -0.4 is 5.32 Å². The van der Waals surface area contributed by atoms with Crippen LogP contribution in [0.15, 0.2) is 48.5 Å². The average molecular weight is 390 g/mol. The molecule has 7 heteroatoms. The lowest BCUT2D eigenvalue weighted by atomic mass is 10.1.